The Morgan fingerprint density at radius 2 is 2.31 bits per heavy atom. The van der Waals surface area contributed by atoms with E-state index in [4.69, 9.17) is 5.73 Å². The molecule has 1 aliphatic carbocycles. The summed E-state index contributed by atoms with van der Waals surface area (Å²) < 4.78 is 0. The molecule has 2 N–H and O–H groups in total. The maximum atomic E-state index is 6.00. The van der Waals surface area contributed by atoms with Crippen molar-refractivity contribution in [1.82, 2.24) is 10.2 Å². The average molecular weight is 177 g/mol. The number of hydrogen-bond acceptors (Lipinski definition) is 3. The third-order valence-electron chi connectivity index (χ3n) is 2.62. The smallest absolute Gasteiger partial charge is 0.0543 e. The van der Waals surface area contributed by atoms with Crippen molar-refractivity contribution < 1.29 is 0 Å². The van der Waals surface area contributed by atoms with Crippen molar-refractivity contribution in [2.24, 2.45) is 11.7 Å². The number of rotatable bonds is 4. The second-order valence-corrected chi connectivity index (χ2v) is 3.80. The molecule has 1 unspecified atom stereocenters. The summed E-state index contributed by atoms with van der Waals surface area (Å²) in [4.78, 5) is 0. The highest BCUT2D eigenvalue weighted by Crippen LogP contribution is 2.35. The van der Waals surface area contributed by atoms with Crippen LogP contribution in [-0.2, 0) is 0 Å². The van der Waals surface area contributed by atoms with E-state index in [1.165, 1.54) is 19.3 Å². The summed E-state index contributed by atoms with van der Waals surface area (Å²) in [7, 11) is 0. The van der Waals surface area contributed by atoms with Crippen LogP contribution in [0.3, 0.4) is 0 Å². The van der Waals surface area contributed by atoms with Gasteiger partial charge in [-0.15, -0.1) is 0 Å². The maximum absolute atomic E-state index is 6.00. The van der Waals surface area contributed by atoms with Crippen molar-refractivity contribution in [3.8, 4) is 0 Å². The van der Waals surface area contributed by atoms with Crippen LogP contribution in [0.25, 0.3) is 0 Å². The minimum atomic E-state index is 0.149. The summed E-state index contributed by atoms with van der Waals surface area (Å²) in [5.74, 6) is 0.959. The summed E-state index contributed by atoms with van der Waals surface area (Å²) in [6.45, 7) is 0. The van der Waals surface area contributed by atoms with Crippen LogP contribution in [0.2, 0.25) is 0 Å². The van der Waals surface area contributed by atoms with Gasteiger partial charge in [-0.25, -0.2) is 0 Å². The molecule has 1 heterocycles. The number of nitrogens with zero attached hydrogens (tertiary/aromatic N) is 2. The lowest BCUT2D eigenvalue weighted by atomic mass is 10.0. The first-order valence-electron chi connectivity index (χ1n) is 4.88. The van der Waals surface area contributed by atoms with Gasteiger partial charge >= 0.3 is 0 Å². The van der Waals surface area contributed by atoms with E-state index >= 15 is 0 Å². The van der Waals surface area contributed by atoms with Gasteiger partial charge in [0.2, 0.25) is 0 Å². The van der Waals surface area contributed by atoms with Gasteiger partial charge in [-0.3, -0.25) is 0 Å². The van der Waals surface area contributed by atoms with Crippen LogP contribution in [0.5, 0.6) is 0 Å². The fourth-order valence-electron chi connectivity index (χ4n) is 1.51. The molecule has 0 amide bonds. The minimum Gasteiger partial charge on any atom is -0.324 e. The van der Waals surface area contributed by atoms with Crippen molar-refractivity contribution in [3.63, 3.8) is 0 Å². The van der Waals surface area contributed by atoms with Crippen LogP contribution >= 0.6 is 0 Å². The van der Waals surface area contributed by atoms with Gasteiger partial charge in [0.25, 0.3) is 0 Å². The lowest BCUT2D eigenvalue weighted by Gasteiger charge is -2.09. The van der Waals surface area contributed by atoms with E-state index in [1.54, 1.807) is 12.4 Å². The standard InChI is InChI=1S/C10H15N3/c11-10(4-3-8-1-2-8)9-5-6-12-13-7-9/h5-8,10H,1-4,11H2. The highest BCUT2D eigenvalue weighted by atomic mass is 15.1. The van der Waals surface area contributed by atoms with E-state index in [2.05, 4.69) is 10.2 Å². The Kier molecular flexibility index (Phi) is 2.54. The number of aromatic nitrogens is 2. The fraction of sp³-hybridized carbons (Fsp3) is 0.600. The van der Waals surface area contributed by atoms with E-state index in [9.17, 15) is 0 Å². The van der Waals surface area contributed by atoms with Crippen LogP contribution < -0.4 is 5.73 Å². The van der Waals surface area contributed by atoms with Gasteiger partial charge in [0.15, 0.2) is 0 Å². The lowest BCUT2D eigenvalue weighted by molar-refractivity contribution is 0.573. The monoisotopic (exact) mass is 177 g/mol. The first-order chi connectivity index (χ1) is 6.36. The van der Waals surface area contributed by atoms with Gasteiger partial charge in [0.1, 0.15) is 0 Å². The molecule has 0 radical (unpaired) electrons. The highest BCUT2D eigenvalue weighted by Gasteiger charge is 2.21. The third-order valence-corrected chi connectivity index (χ3v) is 2.62. The predicted octanol–water partition coefficient (Wildman–Crippen LogP) is 1.67. The number of hydrogen-bond donors (Lipinski definition) is 1. The van der Waals surface area contributed by atoms with Crippen molar-refractivity contribution >= 4 is 0 Å². The van der Waals surface area contributed by atoms with E-state index in [1.807, 2.05) is 6.07 Å². The normalized spacial score (nSPS) is 18.5. The molecule has 0 aromatic carbocycles. The van der Waals surface area contributed by atoms with Crippen LogP contribution in [0, 0.1) is 5.92 Å². The molecule has 1 saturated carbocycles. The SMILES string of the molecule is NC(CCC1CC1)c1ccnnc1. The van der Waals surface area contributed by atoms with Crippen LogP contribution in [0.15, 0.2) is 18.5 Å². The average Bonchev–Trinajstić information content (AvgIpc) is 2.99. The Balaban J connectivity index is 1.85. The third kappa shape index (κ3) is 2.49. The molecular formula is C10H15N3. The van der Waals surface area contributed by atoms with Gasteiger partial charge in [-0.05, 0) is 30.4 Å². The molecule has 70 valence electrons. The van der Waals surface area contributed by atoms with Crippen molar-refractivity contribution in [2.45, 2.75) is 31.7 Å². The molecule has 3 heteroatoms. The molecule has 2 rings (SSSR count). The Bertz CT molecular complexity index is 256. The van der Waals surface area contributed by atoms with Crippen LogP contribution in [0.4, 0.5) is 0 Å². The molecule has 1 aromatic rings. The highest BCUT2D eigenvalue weighted by molar-refractivity contribution is 5.10. The summed E-state index contributed by atoms with van der Waals surface area (Å²) in [5.41, 5.74) is 7.11. The van der Waals surface area contributed by atoms with Gasteiger partial charge in [0.05, 0.1) is 6.20 Å². The van der Waals surface area contributed by atoms with Crippen molar-refractivity contribution in [2.75, 3.05) is 0 Å². The quantitative estimate of drug-likeness (QED) is 0.761. The maximum Gasteiger partial charge on any atom is 0.0543 e. The molecule has 1 fully saturated rings. The van der Waals surface area contributed by atoms with Crippen molar-refractivity contribution in [3.05, 3.63) is 24.0 Å². The van der Waals surface area contributed by atoms with Gasteiger partial charge in [-0.1, -0.05) is 12.8 Å². The molecule has 0 bridgehead atoms. The van der Waals surface area contributed by atoms with Gasteiger partial charge in [-0.2, -0.15) is 10.2 Å². The molecule has 13 heavy (non-hydrogen) atoms. The Labute approximate surface area is 78.4 Å². The van der Waals surface area contributed by atoms with Gasteiger partial charge < -0.3 is 5.73 Å². The van der Waals surface area contributed by atoms with Crippen molar-refractivity contribution in [1.29, 1.82) is 0 Å². The Morgan fingerprint density at radius 3 is 2.92 bits per heavy atom. The summed E-state index contributed by atoms with van der Waals surface area (Å²) >= 11 is 0. The van der Waals surface area contributed by atoms with E-state index in [0.29, 0.717) is 0 Å². The summed E-state index contributed by atoms with van der Waals surface area (Å²) in [5, 5.41) is 7.55. The zero-order chi connectivity index (χ0) is 9.10. The molecule has 1 aliphatic rings. The van der Waals surface area contributed by atoms with E-state index in [-0.39, 0.29) is 6.04 Å². The Morgan fingerprint density at radius 1 is 1.46 bits per heavy atom. The molecule has 1 atom stereocenters. The molecule has 0 saturated heterocycles. The van der Waals surface area contributed by atoms with Crippen LogP contribution in [0.1, 0.15) is 37.3 Å². The Hall–Kier alpha value is -0.960. The second kappa shape index (κ2) is 3.83. The molecule has 1 aromatic heterocycles. The largest absolute Gasteiger partial charge is 0.324 e. The van der Waals surface area contributed by atoms with E-state index < -0.39 is 0 Å². The summed E-state index contributed by atoms with van der Waals surface area (Å²) in [6.07, 6.45) is 8.62. The number of nitrogens with two attached hydrogens (primary N) is 1. The fourth-order valence-corrected chi connectivity index (χ4v) is 1.51. The van der Waals surface area contributed by atoms with Gasteiger partial charge in [0, 0.05) is 12.2 Å². The first-order valence-corrected chi connectivity index (χ1v) is 4.88. The van der Waals surface area contributed by atoms with Crippen LogP contribution in [-0.4, -0.2) is 10.2 Å². The zero-order valence-corrected chi connectivity index (χ0v) is 7.69. The topological polar surface area (TPSA) is 51.8 Å². The second-order valence-electron chi connectivity index (χ2n) is 3.80. The minimum absolute atomic E-state index is 0.149. The zero-order valence-electron chi connectivity index (χ0n) is 7.69. The molecular weight excluding hydrogens is 162 g/mol. The molecule has 0 spiro atoms. The molecule has 0 aliphatic heterocycles. The first kappa shape index (κ1) is 8.63. The summed E-state index contributed by atoms with van der Waals surface area (Å²) in [6, 6.07) is 2.10. The lowest BCUT2D eigenvalue weighted by Crippen LogP contribution is -2.10. The van der Waals surface area contributed by atoms with E-state index in [0.717, 1.165) is 17.9 Å². The molecule has 3 nitrogen and oxygen atoms in total. The predicted molar refractivity (Wildman–Crippen MR) is 50.9 cm³/mol.